The summed E-state index contributed by atoms with van der Waals surface area (Å²) in [5, 5.41) is 11.6. The number of nitrogens with zero attached hydrogens (tertiary/aromatic N) is 5. The molecule has 0 unspecified atom stereocenters. The van der Waals surface area contributed by atoms with Gasteiger partial charge in [-0.15, -0.1) is 11.3 Å². The SMILES string of the molecule is CCOC(=O)c1csc(Cn2nc(-c3c(-c4ccccc4)nn4ccccc34)ccc2=O)n1. The van der Waals surface area contributed by atoms with Crippen LogP contribution in [0.5, 0.6) is 0 Å². The Morgan fingerprint density at radius 2 is 1.85 bits per heavy atom. The number of pyridine rings is 1. The molecule has 9 heteroatoms. The first kappa shape index (κ1) is 20.8. The molecule has 0 N–H and O–H groups in total. The molecule has 0 aliphatic carbocycles. The minimum atomic E-state index is -0.479. The van der Waals surface area contributed by atoms with Gasteiger partial charge in [-0.2, -0.15) is 10.2 Å². The predicted octanol–water partition coefficient (Wildman–Crippen LogP) is 3.91. The van der Waals surface area contributed by atoms with E-state index in [2.05, 4.69) is 10.1 Å². The molecule has 0 atom stereocenters. The van der Waals surface area contributed by atoms with Crippen molar-refractivity contribution in [3.63, 3.8) is 0 Å². The molecule has 0 amide bonds. The van der Waals surface area contributed by atoms with E-state index in [1.807, 2.05) is 54.7 Å². The number of rotatable bonds is 6. The Balaban J connectivity index is 1.58. The van der Waals surface area contributed by atoms with Gasteiger partial charge in [0.15, 0.2) is 5.69 Å². The van der Waals surface area contributed by atoms with Gasteiger partial charge in [-0.1, -0.05) is 36.4 Å². The monoisotopic (exact) mass is 457 g/mol. The first-order valence-corrected chi connectivity index (χ1v) is 11.2. The Labute approximate surface area is 192 Å². The molecule has 1 aromatic carbocycles. The molecule has 5 aromatic rings. The Kier molecular flexibility index (Phi) is 5.54. The van der Waals surface area contributed by atoms with Crippen molar-refractivity contribution in [2.45, 2.75) is 13.5 Å². The number of thiazole rings is 1. The molecule has 5 rings (SSSR count). The van der Waals surface area contributed by atoms with E-state index in [1.54, 1.807) is 22.9 Å². The molecule has 33 heavy (non-hydrogen) atoms. The molecule has 4 heterocycles. The number of hydrogen-bond acceptors (Lipinski definition) is 7. The van der Waals surface area contributed by atoms with Crippen LogP contribution in [0.3, 0.4) is 0 Å². The molecule has 4 aromatic heterocycles. The number of carbonyl (C=O) groups is 1. The lowest BCUT2D eigenvalue weighted by Crippen LogP contribution is -2.23. The summed E-state index contributed by atoms with van der Waals surface area (Å²) in [6.07, 6.45) is 1.88. The van der Waals surface area contributed by atoms with Crippen LogP contribution >= 0.6 is 11.3 Å². The Bertz CT molecular complexity index is 1500. The summed E-state index contributed by atoms with van der Waals surface area (Å²) in [6, 6.07) is 18.9. The van der Waals surface area contributed by atoms with Crippen molar-refractivity contribution < 1.29 is 9.53 Å². The van der Waals surface area contributed by atoms with Crippen molar-refractivity contribution in [3.05, 3.63) is 93.3 Å². The average molecular weight is 458 g/mol. The fourth-order valence-electron chi connectivity index (χ4n) is 3.56. The van der Waals surface area contributed by atoms with Crippen molar-refractivity contribution in [2.24, 2.45) is 0 Å². The molecule has 0 aliphatic heterocycles. The van der Waals surface area contributed by atoms with Crippen LogP contribution in [0.1, 0.15) is 22.4 Å². The highest BCUT2D eigenvalue weighted by molar-refractivity contribution is 7.09. The van der Waals surface area contributed by atoms with Crippen LogP contribution in [0, 0.1) is 0 Å². The second kappa shape index (κ2) is 8.79. The summed E-state index contributed by atoms with van der Waals surface area (Å²) in [5.74, 6) is -0.479. The molecule has 8 nitrogen and oxygen atoms in total. The van der Waals surface area contributed by atoms with Crippen molar-refractivity contribution in [1.29, 1.82) is 0 Å². The number of hydrogen-bond donors (Lipinski definition) is 0. The molecule has 0 saturated heterocycles. The van der Waals surface area contributed by atoms with Gasteiger partial charge in [0, 0.05) is 23.2 Å². The zero-order chi connectivity index (χ0) is 22.8. The summed E-state index contributed by atoms with van der Waals surface area (Å²) in [6.45, 7) is 2.17. The van der Waals surface area contributed by atoms with Gasteiger partial charge < -0.3 is 4.74 Å². The van der Waals surface area contributed by atoms with Crippen molar-refractivity contribution in [2.75, 3.05) is 6.61 Å². The average Bonchev–Trinajstić information content (AvgIpc) is 3.46. The highest BCUT2D eigenvalue weighted by atomic mass is 32.1. The minimum absolute atomic E-state index is 0.149. The number of esters is 1. The van der Waals surface area contributed by atoms with Gasteiger partial charge in [-0.05, 0) is 25.1 Å². The van der Waals surface area contributed by atoms with Crippen LogP contribution in [0.4, 0.5) is 0 Å². The molecule has 0 bridgehead atoms. The molecule has 0 saturated carbocycles. The van der Waals surface area contributed by atoms with Crippen LogP contribution in [-0.4, -0.2) is 37.0 Å². The molecular formula is C24H19N5O3S. The Morgan fingerprint density at radius 1 is 1.03 bits per heavy atom. The third-order valence-electron chi connectivity index (χ3n) is 5.03. The fraction of sp³-hybridized carbons (Fsp3) is 0.125. The maximum absolute atomic E-state index is 12.6. The second-order valence-corrected chi connectivity index (χ2v) is 8.12. The predicted molar refractivity (Wildman–Crippen MR) is 125 cm³/mol. The van der Waals surface area contributed by atoms with E-state index < -0.39 is 5.97 Å². The van der Waals surface area contributed by atoms with Gasteiger partial charge in [0.1, 0.15) is 10.7 Å². The Hall–Kier alpha value is -4.11. The smallest absolute Gasteiger partial charge is 0.357 e. The lowest BCUT2D eigenvalue weighted by atomic mass is 10.0. The van der Waals surface area contributed by atoms with E-state index in [4.69, 9.17) is 9.84 Å². The number of carbonyl (C=O) groups excluding carboxylic acids is 1. The van der Waals surface area contributed by atoms with E-state index in [0.717, 1.165) is 22.3 Å². The topological polar surface area (TPSA) is 91.4 Å². The van der Waals surface area contributed by atoms with Gasteiger partial charge >= 0.3 is 5.97 Å². The summed E-state index contributed by atoms with van der Waals surface area (Å²) in [7, 11) is 0. The highest BCUT2D eigenvalue weighted by Gasteiger charge is 2.19. The first-order chi connectivity index (χ1) is 16.1. The lowest BCUT2D eigenvalue weighted by molar-refractivity contribution is 0.0520. The molecule has 0 aliphatic rings. The third-order valence-corrected chi connectivity index (χ3v) is 5.86. The Morgan fingerprint density at radius 3 is 2.67 bits per heavy atom. The molecule has 0 spiro atoms. The van der Waals surface area contributed by atoms with Gasteiger partial charge in [0.2, 0.25) is 0 Å². The third kappa shape index (κ3) is 4.06. The van der Waals surface area contributed by atoms with Crippen LogP contribution < -0.4 is 5.56 Å². The second-order valence-electron chi connectivity index (χ2n) is 7.18. The first-order valence-electron chi connectivity index (χ1n) is 10.4. The van der Waals surface area contributed by atoms with Crippen molar-refractivity contribution >= 4 is 22.8 Å². The highest BCUT2D eigenvalue weighted by Crippen LogP contribution is 2.33. The van der Waals surface area contributed by atoms with Gasteiger partial charge in [0.05, 0.1) is 29.9 Å². The number of fused-ring (bicyclic) bond motifs is 1. The van der Waals surface area contributed by atoms with Crippen LogP contribution in [0.2, 0.25) is 0 Å². The van der Waals surface area contributed by atoms with Gasteiger partial charge in [-0.25, -0.2) is 19.0 Å². The molecule has 0 radical (unpaired) electrons. The molecular weight excluding hydrogens is 438 g/mol. The van der Waals surface area contributed by atoms with E-state index in [1.165, 1.54) is 22.1 Å². The number of benzene rings is 1. The standard InChI is InChI=1S/C24H19N5O3S/c1-2-32-24(31)18-15-33-20(25-18)14-29-21(30)12-11-17(26-29)22-19-10-6-7-13-28(19)27-23(22)16-8-4-3-5-9-16/h3-13,15H,2,14H2,1H3. The van der Waals surface area contributed by atoms with Crippen molar-refractivity contribution in [1.82, 2.24) is 24.4 Å². The molecule has 0 fully saturated rings. The minimum Gasteiger partial charge on any atom is -0.461 e. The maximum Gasteiger partial charge on any atom is 0.357 e. The van der Waals surface area contributed by atoms with Crippen LogP contribution in [-0.2, 0) is 11.3 Å². The van der Waals surface area contributed by atoms with Crippen molar-refractivity contribution in [3.8, 4) is 22.5 Å². The van der Waals surface area contributed by atoms with Gasteiger partial charge in [-0.3, -0.25) is 4.79 Å². The lowest BCUT2D eigenvalue weighted by Gasteiger charge is -2.07. The van der Waals surface area contributed by atoms with E-state index in [-0.39, 0.29) is 24.4 Å². The zero-order valence-corrected chi connectivity index (χ0v) is 18.5. The maximum atomic E-state index is 12.6. The number of ether oxygens (including phenoxy) is 1. The van der Waals surface area contributed by atoms with Crippen LogP contribution in [0.15, 0.2) is 77.0 Å². The zero-order valence-electron chi connectivity index (χ0n) is 17.7. The largest absolute Gasteiger partial charge is 0.461 e. The summed E-state index contributed by atoms with van der Waals surface area (Å²) in [5.41, 5.74) is 4.04. The van der Waals surface area contributed by atoms with E-state index in [0.29, 0.717) is 10.7 Å². The quantitative estimate of drug-likeness (QED) is 0.359. The van der Waals surface area contributed by atoms with Crippen LogP contribution in [0.25, 0.3) is 28.0 Å². The summed E-state index contributed by atoms with van der Waals surface area (Å²) in [4.78, 5) is 28.8. The summed E-state index contributed by atoms with van der Waals surface area (Å²) < 4.78 is 8.15. The van der Waals surface area contributed by atoms with Gasteiger partial charge in [0.25, 0.3) is 5.56 Å². The summed E-state index contributed by atoms with van der Waals surface area (Å²) >= 11 is 1.29. The van der Waals surface area contributed by atoms with E-state index in [9.17, 15) is 9.59 Å². The number of aromatic nitrogens is 5. The molecule has 164 valence electrons. The van der Waals surface area contributed by atoms with E-state index >= 15 is 0 Å². The fourth-order valence-corrected chi connectivity index (χ4v) is 4.30. The normalized spacial score (nSPS) is 11.1.